The molecule has 0 unspecified atom stereocenters. The molecule has 23 heavy (non-hydrogen) atoms. The molecule has 1 aromatic heterocycles. The zero-order valence-corrected chi connectivity index (χ0v) is 12.4. The van der Waals surface area contributed by atoms with Crippen LogP contribution in [0.1, 0.15) is 26.5 Å². The first-order valence-electron chi connectivity index (χ1n) is 7.04. The number of ether oxygens (including phenoxy) is 1. The van der Waals surface area contributed by atoms with E-state index in [9.17, 15) is 14.7 Å². The Bertz CT molecular complexity index is 858. The summed E-state index contributed by atoms with van der Waals surface area (Å²) < 4.78 is 10.4. The maximum atomic E-state index is 12.1. The van der Waals surface area contributed by atoms with E-state index < -0.39 is 18.4 Å². The zero-order valence-electron chi connectivity index (χ0n) is 12.4. The lowest BCUT2D eigenvalue weighted by atomic mass is 10.1. The zero-order chi connectivity index (χ0) is 16.4. The van der Waals surface area contributed by atoms with Crippen LogP contribution in [0.25, 0.3) is 11.0 Å². The van der Waals surface area contributed by atoms with Crippen molar-refractivity contribution in [2.24, 2.45) is 0 Å². The minimum atomic E-state index is -0.754. The molecule has 3 rings (SSSR count). The Labute approximate surface area is 132 Å². The maximum absolute atomic E-state index is 12.1. The van der Waals surface area contributed by atoms with Crippen molar-refractivity contribution in [2.45, 2.75) is 6.92 Å². The van der Waals surface area contributed by atoms with E-state index in [2.05, 4.69) is 0 Å². The van der Waals surface area contributed by atoms with Crippen molar-refractivity contribution in [1.82, 2.24) is 0 Å². The number of Topliss-reactive ketones (excluding diaryl/α,β-unsaturated/α-hetero) is 1. The molecule has 1 heterocycles. The summed E-state index contributed by atoms with van der Waals surface area (Å²) in [6, 6.07) is 13.6. The molecule has 0 spiro atoms. The minimum absolute atomic E-state index is 0.0300. The number of esters is 1. The quantitative estimate of drug-likeness (QED) is 0.589. The molecule has 0 radical (unpaired) electrons. The highest BCUT2D eigenvalue weighted by molar-refractivity contribution is 6.00. The summed E-state index contributed by atoms with van der Waals surface area (Å²) >= 11 is 0. The van der Waals surface area contributed by atoms with Crippen LogP contribution in [-0.4, -0.2) is 23.5 Å². The monoisotopic (exact) mass is 310 g/mol. The number of ketones is 1. The van der Waals surface area contributed by atoms with Crippen molar-refractivity contribution in [1.29, 1.82) is 0 Å². The van der Waals surface area contributed by atoms with Crippen LogP contribution in [0.15, 0.2) is 52.9 Å². The molecule has 116 valence electrons. The van der Waals surface area contributed by atoms with Crippen LogP contribution < -0.4 is 0 Å². The summed E-state index contributed by atoms with van der Waals surface area (Å²) in [6.07, 6.45) is 0. The lowest BCUT2D eigenvalue weighted by Gasteiger charge is -2.06. The highest BCUT2D eigenvalue weighted by Gasteiger charge is 2.18. The number of furan rings is 1. The number of aryl methyl sites for hydroxylation is 1. The summed E-state index contributed by atoms with van der Waals surface area (Å²) in [6.45, 7) is 1.22. The molecule has 0 bridgehead atoms. The smallest absolute Gasteiger partial charge is 0.342 e. The van der Waals surface area contributed by atoms with Gasteiger partial charge < -0.3 is 14.3 Å². The lowest BCUT2D eigenvalue weighted by Crippen LogP contribution is -2.14. The van der Waals surface area contributed by atoms with Gasteiger partial charge in [0, 0.05) is 5.39 Å². The van der Waals surface area contributed by atoms with Gasteiger partial charge in [0.05, 0.1) is 0 Å². The van der Waals surface area contributed by atoms with Crippen molar-refractivity contribution in [3.05, 3.63) is 65.4 Å². The topological polar surface area (TPSA) is 76.7 Å². The van der Waals surface area contributed by atoms with Gasteiger partial charge >= 0.3 is 5.97 Å². The normalized spacial score (nSPS) is 10.7. The van der Waals surface area contributed by atoms with Crippen LogP contribution in [0.5, 0.6) is 5.75 Å². The lowest BCUT2D eigenvalue weighted by molar-refractivity contribution is 0.0465. The Balaban J connectivity index is 1.71. The molecule has 0 saturated heterocycles. The van der Waals surface area contributed by atoms with Crippen LogP contribution in [0.4, 0.5) is 0 Å². The van der Waals surface area contributed by atoms with Crippen molar-refractivity contribution in [3.8, 4) is 5.75 Å². The largest absolute Gasteiger partial charge is 0.507 e. The first kappa shape index (κ1) is 14.8. The fourth-order valence-corrected chi connectivity index (χ4v) is 2.22. The Morgan fingerprint density at radius 3 is 2.70 bits per heavy atom. The van der Waals surface area contributed by atoms with E-state index in [-0.39, 0.29) is 17.1 Å². The Morgan fingerprint density at radius 2 is 1.91 bits per heavy atom. The van der Waals surface area contributed by atoms with Crippen molar-refractivity contribution >= 4 is 22.7 Å². The van der Waals surface area contributed by atoms with Crippen LogP contribution in [-0.2, 0) is 4.74 Å². The number of rotatable bonds is 4. The van der Waals surface area contributed by atoms with E-state index in [1.165, 1.54) is 6.07 Å². The Hall–Kier alpha value is -3.08. The number of fused-ring (bicyclic) bond motifs is 1. The first-order chi connectivity index (χ1) is 11.1. The molecule has 1 N–H and O–H groups in total. The standard InChI is InChI=1S/C18H14O5/c1-11-5-4-7-13(17(11)20)18(21)22-10-14(19)16-9-12-6-2-3-8-15(12)23-16/h2-9,20H,10H2,1H3. The maximum Gasteiger partial charge on any atom is 0.342 e. The van der Waals surface area contributed by atoms with E-state index in [0.29, 0.717) is 11.1 Å². The minimum Gasteiger partial charge on any atom is -0.507 e. The molecule has 5 heteroatoms. The van der Waals surface area contributed by atoms with Gasteiger partial charge in [0.25, 0.3) is 0 Å². The number of carbonyl (C=O) groups excluding carboxylic acids is 2. The summed E-state index contributed by atoms with van der Waals surface area (Å²) in [5, 5.41) is 10.6. The van der Waals surface area contributed by atoms with E-state index in [1.807, 2.05) is 12.1 Å². The van der Waals surface area contributed by atoms with E-state index >= 15 is 0 Å². The van der Waals surface area contributed by atoms with Gasteiger partial charge in [0.15, 0.2) is 12.4 Å². The van der Waals surface area contributed by atoms with Crippen LogP contribution in [0, 0.1) is 6.92 Å². The number of carbonyl (C=O) groups is 2. The summed E-state index contributed by atoms with van der Waals surface area (Å²) in [5.74, 6) is -1.21. The number of hydrogen-bond donors (Lipinski definition) is 1. The molecule has 0 atom stereocenters. The van der Waals surface area contributed by atoms with Gasteiger partial charge in [-0.05, 0) is 30.7 Å². The van der Waals surface area contributed by atoms with Gasteiger partial charge in [-0.3, -0.25) is 4.79 Å². The number of phenolic OH excluding ortho intramolecular Hbond substituents is 1. The molecule has 2 aromatic carbocycles. The third kappa shape index (κ3) is 2.94. The molecule has 0 amide bonds. The molecule has 3 aromatic rings. The molecule has 5 nitrogen and oxygen atoms in total. The van der Waals surface area contributed by atoms with E-state index in [0.717, 1.165) is 5.39 Å². The van der Waals surface area contributed by atoms with Gasteiger partial charge in [-0.2, -0.15) is 0 Å². The van der Waals surface area contributed by atoms with Crippen molar-refractivity contribution in [3.63, 3.8) is 0 Å². The predicted octanol–water partition coefficient (Wildman–Crippen LogP) is 3.49. The van der Waals surface area contributed by atoms with E-state index in [4.69, 9.17) is 9.15 Å². The molecule has 0 fully saturated rings. The third-order valence-electron chi connectivity index (χ3n) is 3.49. The summed E-state index contributed by atoms with van der Waals surface area (Å²) in [5.41, 5.74) is 1.18. The second kappa shape index (κ2) is 5.96. The van der Waals surface area contributed by atoms with Crippen molar-refractivity contribution < 1.29 is 23.8 Å². The molecular weight excluding hydrogens is 296 g/mol. The first-order valence-corrected chi connectivity index (χ1v) is 7.04. The summed E-state index contributed by atoms with van der Waals surface area (Å²) in [4.78, 5) is 24.0. The average Bonchev–Trinajstić information content (AvgIpc) is 2.99. The van der Waals surface area contributed by atoms with Gasteiger partial charge in [0.1, 0.15) is 16.9 Å². The van der Waals surface area contributed by atoms with Crippen LogP contribution in [0.3, 0.4) is 0 Å². The SMILES string of the molecule is Cc1cccc(C(=O)OCC(=O)c2cc3ccccc3o2)c1O. The second-order valence-corrected chi connectivity index (χ2v) is 5.12. The highest BCUT2D eigenvalue weighted by Crippen LogP contribution is 2.23. The van der Waals surface area contributed by atoms with Gasteiger partial charge in [-0.25, -0.2) is 4.79 Å². The van der Waals surface area contributed by atoms with Gasteiger partial charge in [-0.1, -0.05) is 30.3 Å². The predicted molar refractivity (Wildman–Crippen MR) is 83.7 cm³/mol. The average molecular weight is 310 g/mol. The van der Waals surface area contributed by atoms with E-state index in [1.54, 1.807) is 37.3 Å². The number of aromatic hydroxyl groups is 1. The molecule has 0 aliphatic rings. The molecular formula is C18H14O5. The molecule has 0 aliphatic carbocycles. The fourth-order valence-electron chi connectivity index (χ4n) is 2.22. The fraction of sp³-hybridized carbons (Fsp3) is 0.111. The van der Waals surface area contributed by atoms with Gasteiger partial charge in [0.2, 0.25) is 5.78 Å². The summed E-state index contributed by atoms with van der Waals surface area (Å²) in [7, 11) is 0. The number of phenols is 1. The number of hydrogen-bond acceptors (Lipinski definition) is 5. The van der Waals surface area contributed by atoms with Crippen LogP contribution in [0.2, 0.25) is 0 Å². The second-order valence-electron chi connectivity index (χ2n) is 5.12. The number of para-hydroxylation sites is 2. The molecule has 0 aliphatic heterocycles. The number of benzene rings is 2. The Kier molecular flexibility index (Phi) is 3.85. The van der Waals surface area contributed by atoms with Crippen molar-refractivity contribution in [2.75, 3.05) is 6.61 Å². The Morgan fingerprint density at radius 1 is 1.13 bits per heavy atom. The van der Waals surface area contributed by atoms with Crippen LogP contribution >= 0.6 is 0 Å². The highest BCUT2D eigenvalue weighted by atomic mass is 16.5. The molecule has 0 saturated carbocycles. The third-order valence-corrected chi connectivity index (χ3v) is 3.49. The van der Waals surface area contributed by atoms with Gasteiger partial charge in [-0.15, -0.1) is 0 Å².